The van der Waals surface area contributed by atoms with Gasteiger partial charge in [-0.3, -0.25) is 0 Å². The Hall–Kier alpha value is -3.28. The van der Waals surface area contributed by atoms with E-state index in [1.165, 1.54) is 16.7 Å². The highest BCUT2D eigenvalue weighted by atomic mass is 16.7. The second kappa shape index (κ2) is 6.79. The highest BCUT2D eigenvalue weighted by Gasteiger charge is 2.14. The smallest absolute Gasteiger partial charge is 0.231 e. The van der Waals surface area contributed by atoms with Crippen molar-refractivity contribution in [2.75, 3.05) is 17.4 Å². The van der Waals surface area contributed by atoms with Gasteiger partial charge < -0.3 is 20.1 Å². The summed E-state index contributed by atoms with van der Waals surface area (Å²) in [6.45, 7) is 8.44. The minimum absolute atomic E-state index is 0.259. The van der Waals surface area contributed by atoms with Crippen LogP contribution in [0.5, 0.6) is 11.5 Å². The Morgan fingerprint density at radius 1 is 0.778 bits per heavy atom. The van der Waals surface area contributed by atoms with Crippen LogP contribution in [-0.2, 0) is 0 Å². The van der Waals surface area contributed by atoms with Crippen LogP contribution in [0.25, 0.3) is 0 Å². The van der Waals surface area contributed by atoms with E-state index in [1.54, 1.807) is 0 Å². The van der Waals surface area contributed by atoms with Crippen molar-refractivity contribution in [2.24, 2.45) is 0 Å². The topological polar surface area (TPSA) is 68.3 Å². The molecule has 138 valence electrons. The van der Waals surface area contributed by atoms with Crippen molar-refractivity contribution in [3.05, 3.63) is 58.9 Å². The number of ether oxygens (including phenoxy) is 2. The Bertz CT molecular complexity index is 994. The maximum Gasteiger partial charge on any atom is 0.231 e. The Balaban J connectivity index is 1.60. The van der Waals surface area contributed by atoms with Gasteiger partial charge >= 0.3 is 0 Å². The molecule has 0 amide bonds. The molecule has 27 heavy (non-hydrogen) atoms. The van der Waals surface area contributed by atoms with Crippen LogP contribution < -0.4 is 20.1 Å². The molecule has 2 aromatic carbocycles. The minimum atomic E-state index is 0.259. The number of nitrogens with one attached hydrogen (secondary N) is 2. The fourth-order valence-corrected chi connectivity index (χ4v) is 3.32. The van der Waals surface area contributed by atoms with Gasteiger partial charge in [-0.05, 0) is 51.0 Å². The number of fused-ring (bicyclic) bond motifs is 1. The third-order valence-corrected chi connectivity index (χ3v) is 4.41. The van der Waals surface area contributed by atoms with E-state index >= 15 is 0 Å². The summed E-state index contributed by atoms with van der Waals surface area (Å²) in [6, 6.07) is 11.9. The summed E-state index contributed by atoms with van der Waals surface area (Å²) in [6.07, 6.45) is 0. The molecule has 0 unspecified atom stereocenters. The Labute approximate surface area is 158 Å². The number of hydrogen-bond donors (Lipinski definition) is 2. The van der Waals surface area contributed by atoms with Crippen LogP contribution in [-0.4, -0.2) is 16.8 Å². The summed E-state index contributed by atoms with van der Waals surface area (Å²) >= 11 is 0. The van der Waals surface area contributed by atoms with Gasteiger partial charge in [0.05, 0.1) is 0 Å². The van der Waals surface area contributed by atoms with Crippen molar-refractivity contribution in [3.63, 3.8) is 0 Å². The molecule has 0 bridgehead atoms. The molecular weight excluding hydrogens is 340 g/mol. The van der Waals surface area contributed by atoms with E-state index in [1.807, 2.05) is 31.2 Å². The molecule has 0 aliphatic carbocycles. The zero-order chi connectivity index (χ0) is 19.0. The number of benzene rings is 2. The van der Waals surface area contributed by atoms with Crippen LogP contribution in [0.15, 0.2) is 36.4 Å². The predicted molar refractivity (Wildman–Crippen MR) is 107 cm³/mol. The molecule has 0 spiro atoms. The molecule has 1 aromatic heterocycles. The molecule has 0 radical (unpaired) electrons. The molecule has 2 heterocycles. The van der Waals surface area contributed by atoms with Crippen molar-refractivity contribution >= 4 is 23.0 Å². The SMILES string of the molecule is Cc1cc(C)c(Nc2cc(Nc3ccc4c(c3)OCO4)nc(C)n2)c(C)c1. The molecule has 6 nitrogen and oxygen atoms in total. The monoisotopic (exact) mass is 362 g/mol. The lowest BCUT2D eigenvalue weighted by Gasteiger charge is -2.15. The summed E-state index contributed by atoms with van der Waals surface area (Å²) in [5.41, 5.74) is 5.58. The molecule has 0 saturated heterocycles. The second-order valence-electron chi connectivity index (χ2n) is 6.78. The molecule has 1 aliphatic heterocycles. The van der Waals surface area contributed by atoms with Crippen molar-refractivity contribution in [1.29, 1.82) is 0 Å². The third kappa shape index (κ3) is 3.65. The molecular formula is C21H22N4O2. The molecule has 1 aliphatic rings. The second-order valence-corrected chi connectivity index (χ2v) is 6.78. The molecule has 4 rings (SSSR count). The van der Waals surface area contributed by atoms with Gasteiger partial charge in [0.25, 0.3) is 0 Å². The lowest BCUT2D eigenvalue weighted by molar-refractivity contribution is 0.174. The van der Waals surface area contributed by atoms with Gasteiger partial charge in [-0.1, -0.05) is 17.7 Å². The van der Waals surface area contributed by atoms with E-state index < -0.39 is 0 Å². The lowest BCUT2D eigenvalue weighted by Crippen LogP contribution is -2.03. The van der Waals surface area contributed by atoms with Crippen LogP contribution in [0.3, 0.4) is 0 Å². The van der Waals surface area contributed by atoms with Gasteiger partial charge in [-0.2, -0.15) is 0 Å². The van der Waals surface area contributed by atoms with Crippen molar-refractivity contribution in [1.82, 2.24) is 9.97 Å². The van der Waals surface area contributed by atoms with Crippen molar-refractivity contribution in [2.45, 2.75) is 27.7 Å². The quantitative estimate of drug-likeness (QED) is 0.686. The maximum atomic E-state index is 5.43. The zero-order valence-corrected chi connectivity index (χ0v) is 15.9. The van der Waals surface area contributed by atoms with Gasteiger partial charge in [0.2, 0.25) is 6.79 Å². The Morgan fingerprint density at radius 2 is 1.44 bits per heavy atom. The van der Waals surface area contributed by atoms with E-state index in [0.717, 1.165) is 28.7 Å². The number of aromatic nitrogens is 2. The first kappa shape index (κ1) is 17.1. The first-order chi connectivity index (χ1) is 13.0. The zero-order valence-electron chi connectivity index (χ0n) is 15.9. The average molecular weight is 362 g/mol. The van der Waals surface area contributed by atoms with E-state index in [4.69, 9.17) is 9.47 Å². The number of anilines is 4. The van der Waals surface area contributed by atoms with Gasteiger partial charge in [0, 0.05) is 23.5 Å². The van der Waals surface area contributed by atoms with Crippen LogP contribution >= 0.6 is 0 Å². The van der Waals surface area contributed by atoms with Gasteiger partial charge in [-0.25, -0.2) is 9.97 Å². The summed E-state index contributed by atoms with van der Waals surface area (Å²) in [5.74, 6) is 3.64. The molecule has 3 aromatic rings. The first-order valence-corrected chi connectivity index (χ1v) is 8.85. The Kier molecular flexibility index (Phi) is 4.32. The van der Waals surface area contributed by atoms with Gasteiger partial charge in [-0.15, -0.1) is 0 Å². The largest absolute Gasteiger partial charge is 0.454 e. The van der Waals surface area contributed by atoms with E-state index in [2.05, 4.69) is 53.5 Å². The van der Waals surface area contributed by atoms with Crippen LogP contribution in [0, 0.1) is 27.7 Å². The minimum Gasteiger partial charge on any atom is -0.454 e. The molecule has 6 heteroatoms. The third-order valence-electron chi connectivity index (χ3n) is 4.41. The standard InChI is InChI=1S/C21H22N4O2/c1-12-7-13(2)21(14(3)8-12)25-20-10-19(22-15(4)23-20)24-16-5-6-17-18(9-16)27-11-26-17/h5-10H,11H2,1-4H3,(H2,22,23,24,25). The summed E-state index contributed by atoms with van der Waals surface area (Å²) < 4.78 is 10.8. The summed E-state index contributed by atoms with van der Waals surface area (Å²) in [4.78, 5) is 9.02. The molecule has 0 saturated carbocycles. The van der Waals surface area contributed by atoms with Crippen molar-refractivity contribution < 1.29 is 9.47 Å². The molecule has 2 N–H and O–H groups in total. The van der Waals surface area contributed by atoms with Gasteiger partial charge in [0.1, 0.15) is 17.5 Å². The maximum absolute atomic E-state index is 5.43. The van der Waals surface area contributed by atoms with Crippen LogP contribution in [0.4, 0.5) is 23.0 Å². The summed E-state index contributed by atoms with van der Waals surface area (Å²) in [5, 5.41) is 6.75. The lowest BCUT2D eigenvalue weighted by atomic mass is 10.1. The summed E-state index contributed by atoms with van der Waals surface area (Å²) in [7, 11) is 0. The number of nitrogens with zero attached hydrogens (tertiary/aromatic N) is 2. The first-order valence-electron chi connectivity index (χ1n) is 8.85. The number of aryl methyl sites for hydroxylation is 4. The Morgan fingerprint density at radius 3 is 2.19 bits per heavy atom. The van der Waals surface area contributed by atoms with E-state index in [-0.39, 0.29) is 6.79 Å². The van der Waals surface area contributed by atoms with Crippen molar-refractivity contribution in [3.8, 4) is 11.5 Å². The van der Waals surface area contributed by atoms with Gasteiger partial charge in [0.15, 0.2) is 11.5 Å². The van der Waals surface area contributed by atoms with Crippen LogP contribution in [0.1, 0.15) is 22.5 Å². The number of hydrogen-bond acceptors (Lipinski definition) is 6. The molecule has 0 fully saturated rings. The number of rotatable bonds is 4. The fraction of sp³-hybridized carbons (Fsp3) is 0.238. The van der Waals surface area contributed by atoms with Crippen LogP contribution in [0.2, 0.25) is 0 Å². The normalized spacial score (nSPS) is 12.1. The highest BCUT2D eigenvalue weighted by Crippen LogP contribution is 2.35. The van der Waals surface area contributed by atoms with E-state index in [9.17, 15) is 0 Å². The predicted octanol–water partition coefficient (Wildman–Crippen LogP) is 4.93. The molecule has 0 atom stereocenters. The highest BCUT2D eigenvalue weighted by molar-refractivity contribution is 5.68. The fourth-order valence-electron chi connectivity index (χ4n) is 3.32. The average Bonchev–Trinajstić information content (AvgIpc) is 3.05. The van der Waals surface area contributed by atoms with E-state index in [0.29, 0.717) is 11.6 Å².